The first-order valence-corrected chi connectivity index (χ1v) is 10.3. The van der Waals surface area contributed by atoms with Crippen molar-refractivity contribution in [2.45, 2.75) is 25.5 Å². The van der Waals surface area contributed by atoms with E-state index in [0.29, 0.717) is 17.6 Å². The van der Waals surface area contributed by atoms with Crippen LogP contribution in [0.3, 0.4) is 0 Å². The van der Waals surface area contributed by atoms with E-state index >= 15 is 0 Å². The van der Waals surface area contributed by atoms with Gasteiger partial charge in [0.15, 0.2) is 17.3 Å². The summed E-state index contributed by atoms with van der Waals surface area (Å²) in [6, 6.07) is 6.26. The van der Waals surface area contributed by atoms with Crippen LogP contribution in [0.25, 0.3) is 0 Å². The third kappa shape index (κ3) is 5.39. The Morgan fingerprint density at radius 2 is 1.97 bits per heavy atom. The zero-order valence-electron chi connectivity index (χ0n) is 18.6. The van der Waals surface area contributed by atoms with Gasteiger partial charge in [0.2, 0.25) is 11.6 Å². The second-order valence-electron chi connectivity index (χ2n) is 7.16. The first-order valence-electron chi connectivity index (χ1n) is 9.88. The van der Waals surface area contributed by atoms with Crippen LogP contribution in [0.15, 0.2) is 35.4 Å². The Bertz CT molecular complexity index is 1380. The largest absolute Gasteiger partial charge is 0.481 e. The predicted octanol–water partition coefficient (Wildman–Crippen LogP) is 4.65. The van der Waals surface area contributed by atoms with E-state index in [1.165, 1.54) is 26.4 Å². The Morgan fingerprint density at radius 1 is 1.25 bits per heavy atom. The van der Waals surface area contributed by atoms with Gasteiger partial charge in [0.05, 0.1) is 37.8 Å². The number of aromatic nitrogens is 3. The Morgan fingerprint density at radius 3 is 2.58 bits per heavy atom. The zero-order chi connectivity index (χ0) is 26.6. The van der Waals surface area contributed by atoms with Crippen molar-refractivity contribution in [3.05, 3.63) is 74.3 Å². The molecule has 0 aliphatic rings. The monoisotopic (exact) mass is 530 g/mol. The van der Waals surface area contributed by atoms with Crippen LogP contribution < -0.4 is 15.0 Å². The highest BCUT2D eigenvalue weighted by atomic mass is 35.5. The van der Waals surface area contributed by atoms with Gasteiger partial charge in [-0.15, -0.1) is 0 Å². The summed E-state index contributed by atoms with van der Waals surface area (Å²) in [6.07, 6.45) is -3.66. The van der Waals surface area contributed by atoms with E-state index in [4.69, 9.17) is 31.1 Å². The first-order chi connectivity index (χ1) is 17.0. The van der Waals surface area contributed by atoms with Gasteiger partial charge in [-0.05, 0) is 18.2 Å². The molecule has 0 atom stereocenters. The van der Waals surface area contributed by atoms with Crippen LogP contribution in [0.1, 0.15) is 22.5 Å². The molecule has 0 amide bonds. The molecule has 0 spiro atoms. The fourth-order valence-electron chi connectivity index (χ4n) is 3.06. The topological polar surface area (TPSA) is 99.3 Å². The SMILES string of the molecule is COCc1ccc(Cn2cnc(C(F)(F)C(F)F)c(Oc3cc(Cl)cc(C#N)c3F)c2=O)c(OC)n1. The third-order valence-electron chi connectivity index (χ3n) is 4.75. The Labute approximate surface area is 205 Å². The smallest absolute Gasteiger partial charge is 0.352 e. The number of ether oxygens (including phenoxy) is 3. The molecule has 0 bridgehead atoms. The number of methoxy groups -OCH3 is 2. The molecule has 0 aliphatic heterocycles. The molecule has 3 rings (SSSR count). The van der Waals surface area contributed by atoms with Crippen LogP contribution >= 0.6 is 11.6 Å². The predicted molar refractivity (Wildman–Crippen MR) is 115 cm³/mol. The van der Waals surface area contributed by atoms with Crippen LogP contribution in [0.2, 0.25) is 5.02 Å². The lowest BCUT2D eigenvalue weighted by molar-refractivity contribution is -0.139. The van der Waals surface area contributed by atoms with Crippen molar-refractivity contribution >= 4 is 11.6 Å². The van der Waals surface area contributed by atoms with Crippen LogP contribution in [0.4, 0.5) is 22.0 Å². The molecule has 0 fully saturated rings. The summed E-state index contributed by atoms with van der Waals surface area (Å²) >= 11 is 5.80. The van der Waals surface area contributed by atoms with Crippen molar-refractivity contribution in [1.82, 2.24) is 14.5 Å². The molecule has 2 heterocycles. The second-order valence-corrected chi connectivity index (χ2v) is 7.60. The average molecular weight is 531 g/mol. The molecular weight excluding hydrogens is 515 g/mol. The van der Waals surface area contributed by atoms with Gasteiger partial charge >= 0.3 is 12.3 Å². The molecule has 14 heteroatoms. The molecule has 190 valence electrons. The molecule has 0 saturated heterocycles. The van der Waals surface area contributed by atoms with Gasteiger partial charge in [0.25, 0.3) is 5.56 Å². The number of rotatable bonds is 9. The maximum absolute atomic E-state index is 14.6. The van der Waals surface area contributed by atoms with Crippen LogP contribution in [0.5, 0.6) is 17.4 Å². The molecular formula is C22H16ClF5N4O4. The van der Waals surface area contributed by atoms with Crippen LogP contribution in [-0.4, -0.2) is 35.2 Å². The van der Waals surface area contributed by atoms with Crippen molar-refractivity contribution < 1.29 is 36.2 Å². The van der Waals surface area contributed by atoms with E-state index in [1.807, 2.05) is 0 Å². The Balaban J connectivity index is 2.16. The standard InChI is InChI=1S/C22H16ClF5N4O4/c1-34-9-14-4-3-11(19(31-14)35-2)8-32-10-30-18(22(27,28)21(25)26)17(20(32)33)36-15-6-13(23)5-12(7-29)16(15)24/h3-6,10,21H,8-9H2,1-2H3. The lowest BCUT2D eigenvalue weighted by Gasteiger charge is -2.19. The summed E-state index contributed by atoms with van der Waals surface area (Å²) < 4.78 is 85.4. The molecule has 0 radical (unpaired) electrons. The van der Waals surface area contributed by atoms with Crippen molar-refractivity contribution in [3.8, 4) is 23.4 Å². The zero-order valence-corrected chi connectivity index (χ0v) is 19.3. The van der Waals surface area contributed by atoms with Gasteiger partial charge in [-0.2, -0.15) is 14.0 Å². The average Bonchev–Trinajstić information content (AvgIpc) is 2.84. The molecule has 0 unspecified atom stereocenters. The van der Waals surface area contributed by atoms with Gasteiger partial charge in [-0.1, -0.05) is 11.6 Å². The third-order valence-corrected chi connectivity index (χ3v) is 4.96. The molecule has 0 aliphatic carbocycles. The van der Waals surface area contributed by atoms with Crippen molar-refractivity contribution in [2.75, 3.05) is 14.2 Å². The van der Waals surface area contributed by atoms with E-state index < -0.39 is 46.5 Å². The lowest BCUT2D eigenvalue weighted by Crippen LogP contribution is -2.32. The summed E-state index contributed by atoms with van der Waals surface area (Å²) in [5.41, 5.74) is -2.92. The molecule has 0 N–H and O–H groups in total. The molecule has 2 aromatic heterocycles. The minimum absolute atomic E-state index is 0.0699. The van der Waals surface area contributed by atoms with Gasteiger partial charge < -0.3 is 14.2 Å². The van der Waals surface area contributed by atoms with E-state index in [2.05, 4.69) is 9.97 Å². The number of nitrogens with zero attached hydrogens (tertiary/aromatic N) is 4. The van der Waals surface area contributed by atoms with Gasteiger partial charge in [-0.25, -0.2) is 23.1 Å². The minimum atomic E-state index is -4.93. The molecule has 36 heavy (non-hydrogen) atoms. The Hall–Kier alpha value is -3.76. The van der Waals surface area contributed by atoms with Crippen molar-refractivity contribution in [1.29, 1.82) is 5.26 Å². The molecule has 3 aromatic rings. The maximum atomic E-state index is 14.6. The minimum Gasteiger partial charge on any atom is -0.481 e. The normalized spacial score (nSPS) is 11.4. The number of halogens is 6. The number of nitriles is 1. The number of alkyl halides is 4. The summed E-state index contributed by atoms with van der Waals surface area (Å²) in [4.78, 5) is 20.6. The number of hydrogen-bond donors (Lipinski definition) is 0. The van der Waals surface area contributed by atoms with E-state index in [0.717, 1.165) is 16.7 Å². The molecule has 0 saturated carbocycles. The van der Waals surface area contributed by atoms with E-state index in [9.17, 15) is 26.7 Å². The summed E-state index contributed by atoms with van der Waals surface area (Å²) in [5, 5.41) is 8.79. The molecule has 1 aromatic carbocycles. The number of hydrogen-bond acceptors (Lipinski definition) is 7. The maximum Gasteiger partial charge on any atom is 0.352 e. The Kier molecular flexibility index (Phi) is 8.11. The fraction of sp³-hybridized carbons (Fsp3) is 0.273. The fourth-order valence-corrected chi connectivity index (χ4v) is 3.27. The highest BCUT2D eigenvalue weighted by Gasteiger charge is 2.48. The lowest BCUT2D eigenvalue weighted by atomic mass is 10.2. The van der Waals surface area contributed by atoms with E-state index in [-0.39, 0.29) is 24.1 Å². The van der Waals surface area contributed by atoms with Crippen LogP contribution in [-0.2, 0) is 23.8 Å². The first kappa shape index (κ1) is 26.8. The summed E-state index contributed by atoms with van der Waals surface area (Å²) in [6.45, 7) is -0.197. The van der Waals surface area contributed by atoms with Gasteiger partial charge in [0.1, 0.15) is 6.07 Å². The summed E-state index contributed by atoms with van der Waals surface area (Å²) in [5.74, 6) is -8.49. The highest BCUT2D eigenvalue weighted by molar-refractivity contribution is 6.30. The number of benzene rings is 1. The number of pyridine rings is 1. The van der Waals surface area contributed by atoms with Crippen molar-refractivity contribution in [3.63, 3.8) is 0 Å². The summed E-state index contributed by atoms with van der Waals surface area (Å²) in [7, 11) is 2.76. The van der Waals surface area contributed by atoms with E-state index in [1.54, 1.807) is 6.07 Å². The second kappa shape index (κ2) is 10.9. The van der Waals surface area contributed by atoms with Gasteiger partial charge in [-0.3, -0.25) is 9.36 Å². The van der Waals surface area contributed by atoms with Crippen molar-refractivity contribution in [2.24, 2.45) is 0 Å². The van der Waals surface area contributed by atoms with Crippen LogP contribution in [0, 0.1) is 17.1 Å². The van der Waals surface area contributed by atoms with Gasteiger partial charge in [0, 0.05) is 23.8 Å². The highest BCUT2D eigenvalue weighted by Crippen LogP contribution is 2.39. The molecule has 8 nitrogen and oxygen atoms in total. The quantitative estimate of drug-likeness (QED) is 0.371.